The van der Waals surface area contributed by atoms with Crippen molar-refractivity contribution in [2.75, 3.05) is 19.6 Å². The number of quaternary nitrogens is 1. The van der Waals surface area contributed by atoms with Gasteiger partial charge >= 0.3 is 0 Å². The summed E-state index contributed by atoms with van der Waals surface area (Å²) in [5.41, 5.74) is 0. The third-order valence-electron chi connectivity index (χ3n) is 4.47. The molecule has 4 heteroatoms. The van der Waals surface area contributed by atoms with Crippen LogP contribution in [0.4, 0.5) is 0 Å². The van der Waals surface area contributed by atoms with Gasteiger partial charge in [0.2, 0.25) is 3.79 Å². The molecule has 0 heterocycles. The summed E-state index contributed by atoms with van der Waals surface area (Å²) < 4.78 is -0.162. The Labute approximate surface area is 147 Å². The van der Waals surface area contributed by atoms with Crippen LogP contribution in [0.2, 0.25) is 0 Å². The standard InChI is InChI=1S/C17H35Cl3N/c1-5-9-13-21(14-10-6-2,15-11-7-3)16(12-8-4)17(18,19)20/h16H,5-15H2,1-4H3/q+1. The van der Waals surface area contributed by atoms with E-state index >= 15 is 0 Å². The number of unbranched alkanes of at least 4 members (excludes halogenated alkanes) is 3. The summed E-state index contributed by atoms with van der Waals surface area (Å²) in [6, 6.07) is 0.122. The first-order valence-corrected chi connectivity index (χ1v) is 9.93. The average Bonchev–Trinajstić information content (AvgIpc) is 2.44. The van der Waals surface area contributed by atoms with Crippen LogP contribution in [-0.4, -0.2) is 34.0 Å². The summed E-state index contributed by atoms with van der Waals surface area (Å²) in [5, 5.41) is 0. The number of alkyl halides is 3. The molecule has 0 saturated carbocycles. The first kappa shape index (κ1) is 21.8. The van der Waals surface area contributed by atoms with Crippen LogP contribution in [0.25, 0.3) is 0 Å². The lowest BCUT2D eigenvalue weighted by Gasteiger charge is -2.48. The molecule has 0 rings (SSSR count). The van der Waals surface area contributed by atoms with Crippen molar-refractivity contribution in [2.24, 2.45) is 0 Å². The molecule has 0 spiro atoms. The maximum absolute atomic E-state index is 6.41. The Morgan fingerprint density at radius 1 is 0.714 bits per heavy atom. The van der Waals surface area contributed by atoms with Gasteiger partial charge in [0, 0.05) is 6.42 Å². The average molecular weight is 360 g/mol. The zero-order valence-corrected chi connectivity index (χ0v) is 16.7. The molecule has 0 aliphatic rings. The van der Waals surface area contributed by atoms with Crippen LogP contribution < -0.4 is 0 Å². The van der Waals surface area contributed by atoms with Gasteiger partial charge in [-0.3, -0.25) is 0 Å². The van der Waals surface area contributed by atoms with Crippen LogP contribution >= 0.6 is 34.8 Å². The van der Waals surface area contributed by atoms with Crippen molar-refractivity contribution >= 4 is 34.8 Å². The van der Waals surface area contributed by atoms with Gasteiger partial charge in [-0.1, -0.05) is 88.2 Å². The fourth-order valence-electron chi connectivity index (χ4n) is 3.24. The molecule has 0 N–H and O–H groups in total. The number of halogens is 3. The van der Waals surface area contributed by atoms with Gasteiger partial charge in [-0.25, -0.2) is 0 Å². The zero-order chi connectivity index (χ0) is 16.4. The molecule has 0 saturated heterocycles. The van der Waals surface area contributed by atoms with E-state index in [4.69, 9.17) is 34.8 Å². The minimum Gasteiger partial charge on any atom is -0.318 e. The van der Waals surface area contributed by atoms with Crippen molar-refractivity contribution in [3.63, 3.8) is 0 Å². The monoisotopic (exact) mass is 358 g/mol. The maximum atomic E-state index is 6.41. The SMILES string of the molecule is CCCC[N+](CCCC)(CCCC)C(CCC)C(Cl)(Cl)Cl. The molecule has 0 bridgehead atoms. The molecular formula is C17H35Cl3N+. The van der Waals surface area contributed by atoms with Crippen molar-refractivity contribution < 1.29 is 4.48 Å². The molecule has 0 aromatic carbocycles. The molecule has 128 valence electrons. The molecule has 0 aromatic heterocycles. The summed E-state index contributed by atoms with van der Waals surface area (Å²) >= 11 is 19.2. The van der Waals surface area contributed by atoms with Gasteiger partial charge in [0.1, 0.15) is 6.04 Å². The second kappa shape index (κ2) is 11.4. The highest BCUT2D eigenvalue weighted by Gasteiger charge is 2.47. The van der Waals surface area contributed by atoms with E-state index in [1.165, 1.54) is 38.5 Å². The third kappa shape index (κ3) is 7.77. The Hall–Kier alpha value is 0.830. The van der Waals surface area contributed by atoms with Crippen molar-refractivity contribution in [1.29, 1.82) is 0 Å². The highest BCUT2D eigenvalue weighted by atomic mass is 35.6. The highest BCUT2D eigenvalue weighted by molar-refractivity contribution is 6.68. The minimum atomic E-state index is -1.16. The fraction of sp³-hybridized carbons (Fsp3) is 1.00. The van der Waals surface area contributed by atoms with Gasteiger partial charge in [0.15, 0.2) is 0 Å². The highest BCUT2D eigenvalue weighted by Crippen LogP contribution is 2.40. The largest absolute Gasteiger partial charge is 0.318 e. The molecule has 0 aliphatic carbocycles. The first-order valence-electron chi connectivity index (χ1n) is 8.80. The Kier molecular flexibility index (Phi) is 11.8. The lowest BCUT2D eigenvalue weighted by molar-refractivity contribution is -0.952. The molecule has 1 unspecified atom stereocenters. The third-order valence-corrected chi connectivity index (χ3v) is 5.23. The van der Waals surface area contributed by atoms with E-state index in [-0.39, 0.29) is 6.04 Å². The van der Waals surface area contributed by atoms with E-state index in [0.29, 0.717) is 0 Å². The number of nitrogens with zero attached hydrogens (tertiary/aromatic N) is 1. The molecule has 1 nitrogen and oxygen atoms in total. The van der Waals surface area contributed by atoms with Gasteiger partial charge in [0.05, 0.1) is 19.6 Å². The van der Waals surface area contributed by atoms with Gasteiger partial charge in [-0.2, -0.15) is 0 Å². The van der Waals surface area contributed by atoms with E-state index in [1.807, 2.05) is 0 Å². The van der Waals surface area contributed by atoms with Crippen LogP contribution in [0.1, 0.15) is 79.1 Å². The Balaban J connectivity index is 5.40. The molecule has 1 atom stereocenters. The van der Waals surface area contributed by atoms with E-state index in [9.17, 15) is 0 Å². The van der Waals surface area contributed by atoms with E-state index in [2.05, 4.69) is 27.7 Å². The Morgan fingerprint density at radius 2 is 1.10 bits per heavy atom. The second-order valence-corrected chi connectivity index (χ2v) is 8.67. The molecule has 0 radical (unpaired) electrons. The van der Waals surface area contributed by atoms with Crippen LogP contribution in [0, 0.1) is 0 Å². The van der Waals surface area contributed by atoms with Gasteiger partial charge < -0.3 is 4.48 Å². The molecule has 21 heavy (non-hydrogen) atoms. The molecule has 0 fully saturated rings. The Bertz CT molecular complexity index is 229. The van der Waals surface area contributed by atoms with Crippen LogP contribution in [-0.2, 0) is 0 Å². The van der Waals surface area contributed by atoms with Crippen LogP contribution in [0.15, 0.2) is 0 Å². The predicted octanol–water partition coefficient (Wildman–Crippen LogP) is 6.74. The topological polar surface area (TPSA) is 0 Å². The van der Waals surface area contributed by atoms with Crippen LogP contribution in [0.5, 0.6) is 0 Å². The lowest BCUT2D eigenvalue weighted by atomic mass is 10.0. The minimum absolute atomic E-state index is 0.122. The smallest absolute Gasteiger partial charge is 0.241 e. The zero-order valence-electron chi connectivity index (χ0n) is 14.4. The molecule has 0 aromatic rings. The first-order chi connectivity index (χ1) is 9.87. The number of hydrogen-bond acceptors (Lipinski definition) is 0. The summed E-state index contributed by atoms with van der Waals surface area (Å²) in [4.78, 5) is 0. The fourth-order valence-corrected chi connectivity index (χ4v) is 4.19. The lowest BCUT2D eigenvalue weighted by Crippen LogP contribution is -2.61. The summed E-state index contributed by atoms with van der Waals surface area (Å²) in [7, 11) is 0. The summed E-state index contributed by atoms with van der Waals surface area (Å²) in [5.74, 6) is 0. The summed E-state index contributed by atoms with van der Waals surface area (Å²) in [6.45, 7) is 12.4. The van der Waals surface area contributed by atoms with Crippen molar-refractivity contribution in [3.05, 3.63) is 0 Å². The number of hydrogen-bond donors (Lipinski definition) is 0. The maximum Gasteiger partial charge on any atom is 0.241 e. The quantitative estimate of drug-likeness (QED) is 0.267. The van der Waals surface area contributed by atoms with Gasteiger partial charge in [-0.05, 0) is 19.3 Å². The Morgan fingerprint density at radius 3 is 1.33 bits per heavy atom. The molecular weight excluding hydrogens is 325 g/mol. The molecule has 0 aliphatic heterocycles. The van der Waals surface area contributed by atoms with Crippen molar-refractivity contribution in [3.8, 4) is 0 Å². The predicted molar refractivity (Wildman–Crippen MR) is 98.6 cm³/mol. The summed E-state index contributed by atoms with van der Waals surface area (Å²) in [6.07, 6.45) is 9.33. The van der Waals surface area contributed by atoms with Gasteiger partial charge in [0.25, 0.3) is 0 Å². The van der Waals surface area contributed by atoms with Crippen LogP contribution in [0.3, 0.4) is 0 Å². The van der Waals surface area contributed by atoms with Crippen molar-refractivity contribution in [1.82, 2.24) is 0 Å². The van der Waals surface area contributed by atoms with Crippen molar-refractivity contribution in [2.45, 2.75) is 88.9 Å². The van der Waals surface area contributed by atoms with Gasteiger partial charge in [-0.15, -0.1) is 0 Å². The normalized spacial score (nSPS) is 14.4. The molecule has 0 amide bonds. The number of rotatable bonds is 12. The van der Waals surface area contributed by atoms with E-state index < -0.39 is 3.79 Å². The van der Waals surface area contributed by atoms with E-state index in [1.54, 1.807) is 0 Å². The van der Waals surface area contributed by atoms with E-state index in [0.717, 1.165) is 37.0 Å². The second-order valence-electron chi connectivity index (χ2n) is 6.30.